The zero-order chi connectivity index (χ0) is 15.4. The van der Waals surface area contributed by atoms with Crippen molar-refractivity contribution in [2.75, 3.05) is 0 Å². The van der Waals surface area contributed by atoms with E-state index in [0.717, 1.165) is 0 Å². The molecule has 4 N–H and O–H groups in total. The molecule has 0 aliphatic heterocycles. The summed E-state index contributed by atoms with van der Waals surface area (Å²) in [7, 11) is 0. The van der Waals surface area contributed by atoms with Gasteiger partial charge >= 0.3 is 0 Å². The largest absolute Gasteiger partial charge is 0.448 e. The average Bonchev–Trinajstić information content (AvgIpc) is 3.09. The number of hydrogen-bond acceptors (Lipinski definition) is 8. The van der Waals surface area contributed by atoms with Crippen LogP contribution in [0.15, 0.2) is 27.6 Å². The van der Waals surface area contributed by atoms with Crippen molar-refractivity contribution in [2.24, 2.45) is 0 Å². The molecule has 21 heavy (non-hydrogen) atoms. The number of hydrogen-bond donors (Lipinski definition) is 4. The first-order valence-electron chi connectivity index (χ1n) is 6.51. The Kier molecular flexibility index (Phi) is 5.07. The number of aliphatic hydroxyl groups excluding tert-OH is 4. The van der Waals surface area contributed by atoms with Crippen LogP contribution < -0.4 is 0 Å². The van der Waals surface area contributed by atoms with E-state index in [1.807, 2.05) is 0 Å². The molecular weight excluding hydrogens is 280 g/mol. The fourth-order valence-corrected chi connectivity index (χ4v) is 1.84. The highest BCUT2D eigenvalue weighted by Crippen LogP contribution is 2.22. The molecule has 0 aliphatic rings. The van der Waals surface area contributed by atoms with Crippen molar-refractivity contribution in [3.05, 3.63) is 36.2 Å². The Labute approximate surface area is 120 Å². The first-order valence-corrected chi connectivity index (χ1v) is 6.51. The van der Waals surface area contributed by atoms with Gasteiger partial charge in [-0.3, -0.25) is 0 Å². The standard InChI is InChI=1S/C13H18N2O6/c1-7(16)13(19)10(18)3-9(17)11-5-15-12(21-11)2-8-4-14-6-20-8/h4-7,9-10,13,16-19H,2-3H2,1H3. The number of rotatable bonds is 7. The van der Waals surface area contributed by atoms with Crippen LogP contribution >= 0.6 is 0 Å². The van der Waals surface area contributed by atoms with Crippen molar-refractivity contribution >= 4 is 0 Å². The lowest BCUT2D eigenvalue weighted by Crippen LogP contribution is -2.36. The third-order valence-corrected chi connectivity index (χ3v) is 3.06. The van der Waals surface area contributed by atoms with E-state index in [2.05, 4.69) is 9.97 Å². The number of aromatic nitrogens is 2. The molecule has 4 unspecified atom stereocenters. The fraction of sp³-hybridized carbons (Fsp3) is 0.538. The summed E-state index contributed by atoms with van der Waals surface area (Å²) in [4.78, 5) is 7.76. The van der Waals surface area contributed by atoms with Crippen LogP contribution in [0.2, 0.25) is 0 Å². The smallest absolute Gasteiger partial charge is 0.202 e. The molecule has 0 saturated heterocycles. The van der Waals surface area contributed by atoms with Crippen LogP contribution in [-0.4, -0.2) is 48.7 Å². The van der Waals surface area contributed by atoms with Gasteiger partial charge in [-0.25, -0.2) is 9.97 Å². The zero-order valence-corrected chi connectivity index (χ0v) is 11.5. The van der Waals surface area contributed by atoms with E-state index in [1.165, 1.54) is 25.7 Å². The van der Waals surface area contributed by atoms with Gasteiger partial charge in [-0.2, -0.15) is 0 Å². The molecule has 0 bridgehead atoms. The Hall–Kier alpha value is -1.74. The van der Waals surface area contributed by atoms with Crippen molar-refractivity contribution < 1.29 is 29.3 Å². The minimum atomic E-state index is -1.34. The third kappa shape index (κ3) is 4.11. The molecule has 2 rings (SSSR count). The molecule has 0 radical (unpaired) electrons. The molecule has 116 valence electrons. The second kappa shape index (κ2) is 6.81. The van der Waals surface area contributed by atoms with Crippen LogP contribution in [0.25, 0.3) is 0 Å². The summed E-state index contributed by atoms with van der Waals surface area (Å²) in [6.45, 7) is 1.35. The predicted molar refractivity (Wildman–Crippen MR) is 69.1 cm³/mol. The van der Waals surface area contributed by atoms with E-state index in [1.54, 1.807) is 0 Å². The van der Waals surface area contributed by atoms with Crippen LogP contribution in [0.1, 0.15) is 36.9 Å². The Bertz CT molecular complexity index is 539. The average molecular weight is 298 g/mol. The van der Waals surface area contributed by atoms with Gasteiger partial charge in [0.1, 0.15) is 18.0 Å². The Morgan fingerprint density at radius 1 is 1.19 bits per heavy atom. The summed E-state index contributed by atoms with van der Waals surface area (Å²) >= 11 is 0. The van der Waals surface area contributed by atoms with E-state index in [9.17, 15) is 20.4 Å². The van der Waals surface area contributed by atoms with Crippen molar-refractivity contribution in [1.82, 2.24) is 9.97 Å². The highest BCUT2D eigenvalue weighted by atomic mass is 16.4. The zero-order valence-electron chi connectivity index (χ0n) is 11.5. The summed E-state index contributed by atoms with van der Waals surface area (Å²) in [5, 5.41) is 38.3. The second-order valence-corrected chi connectivity index (χ2v) is 4.85. The Morgan fingerprint density at radius 3 is 2.57 bits per heavy atom. The van der Waals surface area contributed by atoms with Gasteiger partial charge in [-0.15, -0.1) is 0 Å². The molecule has 8 heteroatoms. The molecule has 2 aromatic rings. The highest BCUT2D eigenvalue weighted by molar-refractivity contribution is 5.04. The van der Waals surface area contributed by atoms with Gasteiger partial charge in [-0.1, -0.05) is 0 Å². The van der Waals surface area contributed by atoms with Gasteiger partial charge in [0.2, 0.25) is 5.89 Å². The fourth-order valence-electron chi connectivity index (χ4n) is 1.84. The lowest BCUT2D eigenvalue weighted by atomic mass is 10.0. The quantitative estimate of drug-likeness (QED) is 0.551. The monoisotopic (exact) mass is 298 g/mol. The van der Waals surface area contributed by atoms with Crippen molar-refractivity contribution in [3.63, 3.8) is 0 Å². The maximum atomic E-state index is 9.94. The lowest BCUT2D eigenvalue weighted by molar-refractivity contribution is -0.0694. The van der Waals surface area contributed by atoms with E-state index < -0.39 is 24.4 Å². The normalized spacial score (nSPS) is 17.4. The van der Waals surface area contributed by atoms with Crippen LogP contribution in [0.3, 0.4) is 0 Å². The van der Waals surface area contributed by atoms with Gasteiger partial charge < -0.3 is 29.3 Å². The minimum Gasteiger partial charge on any atom is -0.448 e. The molecule has 8 nitrogen and oxygen atoms in total. The molecule has 0 saturated carbocycles. The lowest BCUT2D eigenvalue weighted by Gasteiger charge is -2.21. The molecular formula is C13H18N2O6. The summed E-state index contributed by atoms with van der Waals surface area (Å²) in [5.74, 6) is 1.08. The maximum Gasteiger partial charge on any atom is 0.202 e. The molecule has 0 spiro atoms. The first kappa shape index (κ1) is 15.6. The van der Waals surface area contributed by atoms with Gasteiger partial charge in [0, 0.05) is 6.42 Å². The molecule has 0 aromatic carbocycles. The third-order valence-electron chi connectivity index (χ3n) is 3.06. The Balaban J connectivity index is 1.94. The van der Waals surface area contributed by atoms with Crippen molar-refractivity contribution in [2.45, 2.75) is 44.2 Å². The molecule has 4 atom stereocenters. The van der Waals surface area contributed by atoms with Gasteiger partial charge in [0.25, 0.3) is 0 Å². The van der Waals surface area contributed by atoms with Gasteiger partial charge in [-0.05, 0) is 6.92 Å². The minimum absolute atomic E-state index is 0.168. The highest BCUT2D eigenvalue weighted by Gasteiger charge is 2.26. The SMILES string of the molecule is CC(O)C(O)C(O)CC(O)c1cnc(Cc2cnco2)o1. The summed E-state index contributed by atoms with van der Waals surface area (Å²) < 4.78 is 10.4. The molecule has 0 fully saturated rings. The molecule has 2 heterocycles. The summed E-state index contributed by atoms with van der Waals surface area (Å²) in [5.41, 5.74) is 0. The summed E-state index contributed by atoms with van der Waals surface area (Å²) in [6, 6.07) is 0. The Morgan fingerprint density at radius 2 is 1.95 bits per heavy atom. The van der Waals surface area contributed by atoms with Crippen LogP contribution in [0, 0.1) is 0 Å². The first-order chi connectivity index (χ1) is 9.97. The van der Waals surface area contributed by atoms with Gasteiger partial charge in [0.05, 0.1) is 31.0 Å². The number of oxazole rings is 2. The van der Waals surface area contributed by atoms with E-state index in [4.69, 9.17) is 8.83 Å². The van der Waals surface area contributed by atoms with Crippen LogP contribution in [0.4, 0.5) is 0 Å². The molecule has 0 aliphatic carbocycles. The second-order valence-electron chi connectivity index (χ2n) is 4.85. The molecule has 2 aromatic heterocycles. The number of aliphatic hydroxyl groups is 4. The van der Waals surface area contributed by atoms with E-state index >= 15 is 0 Å². The van der Waals surface area contributed by atoms with Crippen molar-refractivity contribution in [3.8, 4) is 0 Å². The number of nitrogens with zero attached hydrogens (tertiary/aromatic N) is 2. The van der Waals surface area contributed by atoms with Crippen molar-refractivity contribution in [1.29, 1.82) is 0 Å². The van der Waals surface area contributed by atoms with Crippen LogP contribution in [0.5, 0.6) is 0 Å². The van der Waals surface area contributed by atoms with Gasteiger partial charge in [0.15, 0.2) is 12.2 Å². The summed E-state index contributed by atoms with van der Waals surface area (Å²) in [6.07, 6.45) is -0.551. The molecule has 0 amide bonds. The topological polar surface area (TPSA) is 133 Å². The van der Waals surface area contributed by atoms with Crippen LogP contribution in [-0.2, 0) is 6.42 Å². The van der Waals surface area contributed by atoms with E-state index in [0.29, 0.717) is 18.1 Å². The maximum absolute atomic E-state index is 9.94. The van der Waals surface area contributed by atoms with E-state index in [-0.39, 0.29) is 12.2 Å². The predicted octanol–water partition coefficient (Wildman–Crippen LogP) is -0.221.